The zero-order valence-corrected chi connectivity index (χ0v) is 13.0. The number of benzene rings is 1. The van der Waals surface area contributed by atoms with E-state index in [9.17, 15) is 18.0 Å². The predicted molar refractivity (Wildman–Crippen MR) is 74.6 cm³/mol. The first-order chi connectivity index (χ1) is 9.62. The van der Waals surface area contributed by atoms with Crippen molar-refractivity contribution in [2.24, 2.45) is 0 Å². The van der Waals surface area contributed by atoms with Crippen LogP contribution in [0.3, 0.4) is 0 Å². The lowest BCUT2D eigenvalue weighted by Gasteiger charge is -2.22. The number of aryl methyl sites for hydroxylation is 1. The van der Waals surface area contributed by atoms with Gasteiger partial charge in [0.15, 0.2) is 0 Å². The van der Waals surface area contributed by atoms with Crippen molar-refractivity contribution in [2.45, 2.75) is 24.8 Å². The van der Waals surface area contributed by atoms with Gasteiger partial charge in [-0.2, -0.15) is 4.31 Å². The molecule has 0 saturated heterocycles. The average molecular weight is 315 g/mol. The molecule has 0 spiro atoms. The number of carbonyl (C=O) groups excluding carboxylic acids is 1. The van der Waals surface area contributed by atoms with Crippen molar-refractivity contribution in [3.8, 4) is 0 Å². The Kier molecular flexibility index (Phi) is 5.08. The summed E-state index contributed by atoms with van der Waals surface area (Å²) in [4.78, 5) is 22.4. The first kappa shape index (κ1) is 17.1. The zero-order valence-electron chi connectivity index (χ0n) is 12.2. The van der Waals surface area contributed by atoms with Gasteiger partial charge < -0.3 is 9.84 Å². The minimum atomic E-state index is -4.13. The van der Waals surface area contributed by atoms with E-state index in [2.05, 4.69) is 4.74 Å². The fraction of sp³-hybridized carbons (Fsp3) is 0.385. The molecule has 0 fully saturated rings. The number of hydrogen-bond donors (Lipinski definition) is 1. The summed E-state index contributed by atoms with van der Waals surface area (Å²) in [5.74, 6) is -2.08. The SMILES string of the molecule is COC(=O)c1cc(C)ccc1S(=O)(=O)N(C)C(C)C(=O)O. The van der Waals surface area contributed by atoms with Crippen LogP contribution < -0.4 is 0 Å². The number of esters is 1. The summed E-state index contributed by atoms with van der Waals surface area (Å²) in [6.07, 6.45) is 0. The van der Waals surface area contributed by atoms with E-state index in [0.29, 0.717) is 9.87 Å². The Balaban J connectivity index is 3.45. The number of sulfonamides is 1. The molecule has 7 nitrogen and oxygen atoms in total. The Morgan fingerprint density at radius 3 is 2.38 bits per heavy atom. The van der Waals surface area contributed by atoms with E-state index in [1.807, 2.05) is 0 Å². The van der Waals surface area contributed by atoms with Gasteiger partial charge in [0.05, 0.1) is 17.6 Å². The van der Waals surface area contributed by atoms with Crippen LogP contribution in [-0.4, -0.2) is 50.0 Å². The topological polar surface area (TPSA) is 101 Å². The molecule has 0 amide bonds. The third-order valence-electron chi connectivity index (χ3n) is 3.10. The molecule has 1 aromatic rings. The van der Waals surface area contributed by atoms with Gasteiger partial charge in [-0.1, -0.05) is 11.6 Å². The van der Waals surface area contributed by atoms with E-state index in [4.69, 9.17) is 5.11 Å². The van der Waals surface area contributed by atoms with Crippen LogP contribution in [0.5, 0.6) is 0 Å². The van der Waals surface area contributed by atoms with E-state index >= 15 is 0 Å². The van der Waals surface area contributed by atoms with Crippen LogP contribution in [0.2, 0.25) is 0 Å². The highest BCUT2D eigenvalue weighted by atomic mass is 32.2. The number of nitrogens with zero attached hydrogens (tertiary/aromatic N) is 1. The van der Waals surface area contributed by atoms with Crippen molar-refractivity contribution in [1.82, 2.24) is 4.31 Å². The van der Waals surface area contributed by atoms with Gasteiger partial charge in [0.1, 0.15) is 6.04 Å². The highest BCUT2D eigenvalue weighted by molar-refractivity contribution is 7.89. The second-order valence-corrected chi connectivity index (χ2v) is 6.49. The van der Waals surface area contributed by atoms with Crippen LogP contribution in [0.4, 0.5) is 0 Å². The molecule has 1 N–H and O–H groups in total. The molecule has 0 bridgehead atoms. The highest BCUT2D eigenvalue weighted by Gasteiger charge is 2.32. The maximum atomic E-state index is 12.5. The number of aliphatic carboxylic acids is 1. The van der Waals surface area contributed by atoms with E-state index in [0.717, 1.165) is 14.2 Å². The molecule has 0 aliphatic heterocycles. The molecule has 1 aromatic carbocycles. The lowest BCUT2D eigenvalue weighted by Crippen LogP contribution is -2.40. The Bertz CT molecular complexity index is 667. The summed E-state index contributed by atoms with van der Waals surface area (Å²) in [5.41, 5.74) is 0.560. The Labute approximate surface area is 123 Å². The maximum absolute atomic E-state index is 12.5. The smallest absolute Gasteiger partial charge is 0.339 e. The molecule has 0 aliphatic rings. The second-order valence-electron chi connectivity index (χ2n) is 4.53. The van der Waals surface area contributed by atoms with Gasteiger partial charge in [-0.15, -0.1) is 0 Å². The first-order valence-electron chi connectivity index (χ1n) is 6.02. The van der Waals surface area contributed by atoms with Crippen LogP contribution in [0.1, 0.15) is 22.8 Å². The van der Waals surface area contributed by atoms with Crippen molar-refractivity contribution < 1.29 is 27.9 Å². The summed E-state index contributed by atoms with van der Waals surface area (Å²) < 4.78 is 30.2. The summed E-state index contributed by atoms with van der Waals surface area (Å²) in [5, 5.41) is 8.93. The van der Waals surface area contributed by atoms with Crippen LogP contribution >= 0.6 is 0 Å². The van der Waals surface area contributed by atoms with Crippen molar-refractivity contribution in [3.05, 3.63) is 29.3 Å². The van der Waals surface area contributed by atoms with Crippen LogP contribution in [0.25, 0.3) is 0 Å². The largest absolute Gasteiger partial charge is 0.480 e. The minimum Gasteiger partial charge on any atom is -0.480 e. The molecule has 1 unspecified atom stereocenters. The van der Waals surface area contributed by atoms with Gasteiger partial charge in [0, 0.05) is 7.05 Å². The molecule has 1 rings (SSSR count). The van der Waals surface area contributed by atoms with Crippen molar-refractivity contribution in [1.29, 1.82) is 0 Å². The summed E-state index contributed by atoms with van der Waals surface area (Å²) in [6.45, 7) is 2.94. The summed E-state index contributed by atoms with van der Waals surface area (Å²) >= 11 is 0. The molecule has 0 radical (unpaired) electrons. The third-order valence-corrected chi connectivity index (χ3v) is 5.09. The molecule has 116 valence electrons. The van der Waals surface area contributed by atoms with E-state index in [-0.39, 0.29) is 10.5 Å². The first-order valence-corrected chi connectivity index (χ1v) is 7.46. The van der Waals surface area contributed by atoms with E-state index in [1.54, 1.807) is 6.92 Å². The molecule has 21 heavy (non-hydrogen) atoms. The summed E-state index contributed by atoms with van der Waals surface area (Å²) in [7, 11) is -1.84. The molecule has 0 aliphatic carbocycles. The highest BCUT2D eigenvalue weighted by Crippen LogP contribution is 2.23. The molecule has 1 atom stereocenters. The number of hydrogen-bond acceptors (Lipinski definition) is 5. The average Bonchev–Trinajstić information content (AvgIpc) is 2.44. The second kappa shape index (κ2) is 6.23. The number of rotatable bonds is 5. The minimum absolute atomic E-state index is 0.123. The summed E-state index contributed by atoms with van der Waals surface area (Å²) in [6, 6.07) is 2.92. The number of methoxy groups -OCH3 is 1. The molecular formula is C13H17NO6S. The lowest BCUT2D eigenvalue weighted by molar-refractivity contribution is -0.140. The van der Waals surface area contributed by atoms with Gasteiger partial charge in [-0.3, -0.25) is 4.79 Å². The standard InChI is InChI=1S/C13H17NO6S/c1-8-5-6-11(10(7-8)13(17)20-4)21(18,19)14(3)9(2)12(15)16/h5-7,9H,1-4H3,(H,15,16). The van der Waals surface area contributed by atoms with Crippen LogP contribution in [-0.2, 0) is 19.6 Å². The Hall–Kier alpha value is -1.93. The van der Waals surface area contributed by atoms with Crippen LogP contribution in [0, 0.1) is 6.92 Å². The van der Waals surface area contributed by atoms with Gasteiger partial charge in [-0.05, 0) is 26.0 Å². The predicted octanol–water partition coefficient (Wildman–Crippen LogP) is 0.875. The molecule has 8 heteroatoms. The number of ether oxygens (including phenoxy) is 1. The van der Waals surface area contributed by atoms with Gasteiger partial charge in [0.2, 0.25) is 10.0 Å². The van der Waals surface area contributed by atoms with Crippen molar-refractivity contribution in [3.63, 3.8) is 0 Å². The zero-order chi connectivity index (χ0) is 16.4. The third kappa shape index (κ3) is 3.40. The Morgan fingerprint density at radius 2 is 1.90 bits per heavy atom. The monoisotopic (exact) mass is 315 g/mol. The van der Waals surface area contributed by atoms with Gasteiger partial charge in [0.25, 0.3) is 0 Å². The quantitative estimate of drug-likeness (QED) is 0.809. The van der Waals surface area contributed by atoms with Gasteiger partial charge >= 0.3 is 11.9 Å². The molecular weight excluding hydrogens is 298 g/mol. The van der Waals surface area contributed by atoms with Crippen molar-refractivity contribution in [2.75, 3.05) is 14.2 Å². The molecule has 0 heterocycles. The lowest BCUT2D eigenvalue weighted by atomic mass is 10.1. The number of likely N-dealkylation sites (N-methyl/N-ethyl adjacent to an activating group) is 1. The fourth-order valence-corrected chi connectivity index (χ4v) is 3.13. The number of carboxylic acids is 1. The van der Waals surface area contributed by atoms with Gasteiger partial charge in [-0.25, -0.2) is 13.2 Å². The molecule has 0 aromatic heterocycles. The normalized spacial score (nSPS) is 13.0. The molecule has 0 saturated carbocycles. The fourth-order valence-electron chi connectivity index (χ4n) is 1.66. The van der Waals surface area contributed by atoms with E-state index in [1.165, 1.54) is 25.1 Å². The van der Waals surface area contributed by atoms with Crippen molar-refractivity contribution >= 4 is 22.0 Å². The number of carbonyl (C=O) groups is 2. The Morgan fingerprint density at radius 1 is 1.33 bits per heavy atom. The maximum Gasteiger partial charge on any atom is 0.339 e. The number of carboxylic acid groups (broad SMARTS) is 1. The van der Waals surface area contributed by atoms with Crippen LogP contribution in [0.15, 0.2) is 23.1 Å². The van der Waals surface area contributed by atoms with E-state index < -0.39 is 28.0 Å².